The van der Waals surface area contributed by atoms with E-state index in [1.54, 1.807) is 14.0 Å². The van der Waals surface area contributed by atoms with Gasteiger partial charge >= 0.3 is 0 Å². The second-order valence-electron chi connectivity index (χ2n) is 5.21. The Morgan fingerprint density at radius 2 is 2.06 bits per heavy atom. The van der Waals surface area contributed by atoms with Crippen molar-refractivity contribution in [2.45, 2.75) is 33.6 Å². The summed E-state index contributed by atoms with van der Waals surface area (Å²) < 4.78 is 5.33. The molecule has 1 aromatic rings. The van der Waals surface area contributed by atoms with Gasteiger partial charge in [-0.1, -0.05) is 0 Å². The van der Waals surface area contributed by atoms with Crippen LogP contribution in [-0.2, 0) is 11.2 Å². The van der Waals surface area contributed by atoms with Crippen LogP contribution >= 0.6 is 0 Å². The van der Waals surface area contributed by atoms with Crippen molar-refractivity contribution in [3.8, 4) is 5.75 Å². The molecule has 1 unspecified atom stereocenters. The largest absolute Gasteiger partial charge is 0.496 e. The Balaban J connectivity index is 2.60. The van der Waals surface area contributed by atoms with Crippen LogP contribution < -0.4 is 4.74 Å². The van der Waals surface area contributed by atoms with Gasteiger partial charge in [-0.25, -0.2) is 0 Å². The summed E-state index contributed by atoms with van der Waals surface area (Å²) in [7, 11) is 1.61. The molecule has 3 heteroatoms. The van der Waals surface area contributed by atoms with Crippen molar-refractivity contribution in [2.75, 3.05) is 7.11 Å². The Labute approximate surface area is 107 Å². The highest BCUT2D eigenvalue weighted by Crippen LogP contribution is 2.39. The molecule has 1 aromatic carbocycles. The first kappa shape index (κ1) is 12.8. The fourth-order valence-corrected chi connectivity index (χ4v) is 2.55. The van der Waals surface area contributed by atoms with E-state index in [0.29, 0.717) is 18.4 Å². The lowest BCUT2D eigenvalue weighted by atomic mass is 9.69. The molecule has 1 atom stereocenters. The fourth-order valence-electron chi connectivity index (χ4n) is 2.55. The number of carbonyl (C=O) groups excluding carboxylic acids is 2. The van der Waals surface area contributed by atoms with E-state index >= 15 is 0 Å². The number of aryl methyl sites for hydroxylation is 1. The summed E-state index contributed by atoms with van der Waals surface area (Å²) in [4.78, 5) is 24.3. The van der Waals surface area contributed by atoms with Crippen molar-refractivity contribution in [2.24, 2.45) is 5.41 Å². The van der Waals surface area contributed by atoms with Gasteiger partial charge in [-0.2, -0.15) is 0 Å². The minimum Gasteiger partial charge on any atom is -0.496 e. The Kier molecular flexibility index (Phi) is 3.01. The smallest absolute Gasteiger partial charge is 0.176 e. The van der Waals surface area contributed by atoms with Crippen LogP contribution in [0, 0.1) is 12.3 Å². The molecule has 0 aliphatic heterocycles. The van der Waals surface area contributed by atoms with Gasteiger partial charge in [-0.3, -0.25) is 9.59 Å². The molecule has 0 N–H and O–H groups in total. The Bertz CT molecular complexity index is 531. The lowest BCUT2D eigenvalue weighted by Crippen LogP contribution is -2.39. The van der Waals surface area contributed by atoms with Gasteiger partial charge in [-0.15, -0.1) is 0 Å². The lowest BCUT2D eigenvalue weighted by molar-refractivity contribution is -0.123. The van der Waals surface area contributed by atoms with E-state index in [1.165, 1.54) is 6.92 Å². The molecule has 0 saturated heterocycles. The third-order valence-electron chi connectivity index (χ3n) is 3.97. The van der Waals surface area contributed by atoms with E-state index in [4.69, 9.17) is 4.74 Å². The van der Waals surface area contributed by atoms with Gasteiger partial charge in [0.05, 0.1) is 12.5 Å². The zero-order valence-electron chi connectivity index (χ0n) is 11.3. The van der Waals surface area contributed by atoms with Gasteiger partial charge in [0.2, 0.25) is 0 Å². The number of hydrogen-bond donors (Lipinski definition) is 0. The van der Waals surface area contributed by atoms with Crippen LogP contribution in [0.25, 0.3) is 0 Å². The van der Waals surface area contributed by atoms with Crippen molar-refractivity contribution in [1.82, 2.24) is 0 Å². The summed E-state index contributed by atoms with van der Waals surface area (Å²) in [6.07, 6.45) is 1.27. The molecule has 0 saturated carbocycles. The molecule has 2 rings (SSSR count). The maximum Gasteiger partial charge on any atom is 0.176 e. The zero-order chi connectivity index (χ0) is 13.5. The minimum absolute atomic E-state index is 0.0568. The predicted octanol–water partition coefficient (Wildman–Crippen LogP) is 2.73. The number of Topliss-reactive ketones (excluding diaryl/α,β-unsaturated/α-hetero) is 2. The normalized spacial score (nSPS) is 22.6. The maximum absolute atomic E-state index is 12.5. The molecule has 0 amide bonds. The average Bonchev–Trinajstić information content (AvgIpc) is 2.33. The van der Waals surface area contributed by atoms with Crippen LogP contribution in [0.4, 0.5) is 0 Å². The number of methoxy groups -OCH3 is 1. The summed E-state index contributed by atoms with van der Waals surface area (Å²) in [5, 5.41) is 0. The molecule has 0 bridgehead atoms. The van der Waals surface area contributed by atoms with Crippen LogP contribution in [-0.4, -0.2) is 18.7 Å². The zero-order valence-corrected chi connectivity index (χ0v) is 11.3. The van der Waals surface area contributed by atoms with E-state index in [2.05, 4.69) is 0 Å². The molecule has 96 valence electrons. The van der Waals surface area contributed by atoms with E-state index in [1.807, 2.05) is 19.1 Å². The third kappa shape index (κ3) is 1.74. The highest BCUT2D eigenvalue weighted by Gasteiger charge is 2.43. The number of hydrogen-bond acceptors (Lipinski definition) is 3. The summed E-state index contributed by atoms with van der Waals surface area (Å²) in [5.41, 5.74) is 1.69. The molecular formula is C15H18O3. The molecule has 1 aliphatic carbocycles. The number of fused-ring (bicyclic) bond motifs is 1. The lowest BCUT2D eigenvalue weighted by Gasteiger charge is -2.31. The molecule has 0 spiro atoms. The maximum atomic E-state index is 12.5. The van der Waals surface area contributed by atoms with Gasteiger partial charge in [0.15, 0.2) is 5.78 Å². The van der Waals surface area contributed by atoms with Crippen molar-refractivity contribution < 1.29 is 14.3 Å². The van der Waals surface area contributed by atoms with Crippen molar-refractivity contribution in [1.29, 1.82) is 0 Å². The minimum atomic E-state index is -0.869. The molecule has 0 radical (unpaired) electrons. The first-order valence-corrected chi connectivity index (χ1v) is 6.13. The Hall–Kier alpha value is -1.64. The van der Waals surface area contributed by atoms with Gasteiger partial charge < -0.3 is 4.74 Å². The van der Waals surface area contributed by atoms with E-state index in [9.17, 15) is 9.59 Å². The van der Waals surface area contributed by atoms with E-state index in [-0.39, 0.29) is 11.6 Å². The van der Waals surface area contributed by atoms with Crippen LogP contribution in [0.2, 0.25) is 0 Å². The van der Waals surface area contributed by atoms with Crippen LogP contribution in [0.3, 0.4) is 0 Å². The van der Waals surface area contributed by atoms with Crippen molar-refractivity contribution in [3.05, 3.63) is 28.8 Å². The van der Waals surface area contributed by atoms with Crippen LogP contribution in [0.5, 0.6) is 5.75 Å². The molecule has 0 aromatic heterocycles. The van der Waals surface area contributed by atoms with E-state index < -0.39 is 5.41 Å². The highest BCUT2D eigenvalue weighted by atomic mass is 16.5. The monoisotopic (exact) mass is 246 g/mol. The van der Waals surface area contributed by atoms with Crippen LogP contribution in [0.15, 0.2) is 12.1 Å². The standard InChI is InChI=1S/C15H18O3/c1-9-7-12-11(13(8-9)18-4)5-6-15(3,10(2)16)14(12)17/h7-8H,5-6H2,1-4H3. The quantitative estimate of drug-likeness (QED) is 0.753. The molecule has 1 aliphatic rings. The molecular weight excluding hydrogens is 228 g/mol. The van der Waals surface area contributed by atoms with E-state index in [0.717, 1.165) is 16.9 Å². The van der Waals surface area contributed by atoms with Gasteiger partial charge in [0.1, 0.15) is 11.5 Å². The van der Waals surface area contributed by atoms with Crippen LogP contribution in [0.1, 0.15) is 41.8 Å². The summed E-state index contributed by atoms with van der Waals surface area (Å²) in [6.45, 7) is 5.17. The fraction of sp³-hybridized carbons (Fsp3) is 0.467. The number of rotatable bonds is 2. The van der Waals surface area contributed by atoms with Crippen molar-refractivity contribution >= 4 is 11.6 Å². The first-order chi connectivity index (χ1) is 8.40. The van der Waals surface area contributed by atoms with Crippen molar-refractivity contribution in [3.63, 3.8) is 0 Å². The second-order valence-corrected chi connectivity index (χ2v) is 5.21. The number of ketones is 2. The average molecular weight is 246 g/mol. The van der Waals surface area contributed by atoms with Gasteiger partial charge in [-0.05, 0) is 51.3 Å². The summed E-state index contributed by atoms with van der Waals surface area (Å²) in [6, 6.07) is 3.79. The molecule has 18 heavy (non-hydrogen) atoms. The Morgan fingerprint density at radius 1 is 1.39 bits per heavy atom. The number of ether oxygens (including phenoxy) is 1. The number of benzene rings is 1. The summed E-state index contributed by atoms with van der Waals surface area (Å²) in [5.74, 6) is 0.626. The predicted molar refractivity (Wildman–Crippen MR) is 69.2 cm³/mol. The topological polar surface area (TPSA) is 43.4 Å². The van der Waals surface area contributed by atoms with Gasteiger partial charge in [0, 0.05) is 11.1 Å². The molecule has 3 nitrogen and oxygen atoms in total. The van der Waals surface area contributed by atoms with Gasteiger partial charge in [0.25, 0.3) is 0 Å². The second kappa shape index (κ2) is 4.23. The third-order valence-corrected chi connectivity index (χ3v) is 3.97. The molecule has 0 fully saturated rings. The SMILES string of the molecule is COc1cc(C)cc2c1CCC(C)(C(C)=O)C2=O. The summed E-state index contributed by atoms with van der Waals surface area (Å²) >= 11 is 0. The first-order valence-electron chi connectivity index (χ1n) is 6.13. The molecule has 0 heterocycles. The Morgan fingerprint density at radius 3 is 2.61 bits per heavy atom. The highest BCUT2D eigenvalue weighted by molar-refractivity contribution is 6.15. The number of carbonyl (C=O) groups is 2.